The number of alkyl carbamates (subject to hydrolysis) is 1. The Morgan fingerprint density at radius 2 is 1.87 bits per heavy atom. The number of sulfonamides is 1. The molecule has 0 bridgehead atoms. The first-order valence-electron chi connectivity index (χ1n) is 17.9. The van der Waals surface area contributed by atoms with Crippen LogP contribution in [0.1, 0.15) is 70.9 Å². The number of carbonyl (C=O) groups excluding carboxylic acids is 4. The van der Waals surface area contributed by atoms with Gasteiger partial charge in [-0.1, -0.05) is 0 Å². The van der Waals surface area contributed by atoms with Crippen molar-refractivity contribution in [2.45, 2.75) is 115 Å². The molecular weight excluding hydrogens is 864 g/mol. The topological polar surface area (TPSA) is 195 Å². The standard InChI is InChI=1S/C35H43F3IN6O9S/c1-19-29(41-25-16-21(52-4)12-13-23(25)40-19)54-22-17-26-28(46)43-34(31(48)44-55(50,51)33(3)14-15-33)27(39-34)11-9-7-5-6-8-10-24(30(47)45(26)18-22)42-32(49)53-20(2)35(36,37)38/h9,11-13,16,20,22,24,26-27H,5-8,10,14-15,17-18H2,1-4H3,(H,42,49)(H,43,46)(H,44,48)/q-1/b11-9-/t20-,22+,24-,26-,27-,34+/m0/s1. The zero-order valence-electron chi connectivity index (χ0n) is 30.6. The fourth-order valence-electron chi connectivity index (χ4n) is 6.42. The van der Waals surface area contributed by atoms with Crippen LogP contribution < -0.4 is 46.0 Å². The van der Waals surface area contributed by atoms with E-state index in [1.54, 1.807) is 32.0 Å². The van der Waals surface area contributed by atoms with Crippen LogP contribution in [0.25, 0.3) is 11.0 Å². The summed E-state index contributed by atoms with van der Waals surface area (Å²) in [5, 5.41) is 5.09. The van der Waals surface area contributed by atoms with E-state index in [-0.39, 0.29) is 25.3 Å². The van der Waals surface area contributed by atoms with Crippen LogP contribution >= 0.6 is 0 Å². The predicted octanol–water partition coefficient (Wildman–Crippen LogP) is 0.143. The first-order chi connectivity index (χ1) is 25.9. The van der Waals surface area contributed by atoms with Gasteiger partial charge >= 0.3 is 296 Å². The van der Waals surface area contributed by atoms with Gasteiger partial charge in [0.05, 0.1) is 7.11 Å². The number of fused-ring (bicyclic) bond motifs is 3. The zero-order valence-corrected chi connectivity index (χ0v) is 33.5. The molecule has 1 aromatic carbocycles. The van der Waals surface area contributed by atoms with Crippen LogP contribution in [-0.2, 0) is 29.1 Å². The van der Waals surface area contributed by atoms with E-state index >= 15 is 0 Å². The number of ether oxygens (including phenoxy) is 3. The average Bonchev–Trinajstić information content (AvgIpc) is 4.00. The molecule has 0 radical (unpaired) electrons. The number of carbonyl (C=O) groups is 4. The van der Waals surface area contributed by atoms with Crippen LogP contribution in [0.4, 0.5) is 18.0 Å². The van der Waals surface area contributed by atoms with Gasteiger partial charge in [-0.05, 0) is 6.07 Å². The predicted molar refractivity (Wildman–Crippen MR) is 186 cm³/mol. The van der Waals surface area contributed by atoms with Crippen molar-refractivity contribution in [1.29, 1.82) is 0 Å². The molecule has 4 heterocycles. The van der Waals surface area contributed by atoms with Gasteiger partial charge in [-0.25, -0.2) is 0 Å². The molecule has 55 heavy (non-hydrogen) atoms. The molecule has 4 amide bonds. The second-order valence-corrected chi connectivity index (χ2v) is 20.3. The van der Waals surface area contributed by atoms with Gasteiger partial charge in [-0.3, -0.25) is 0 Å². The molecule has 1 aliphatic carbocycles. The van der Waals surface area contributed by atoms with Crippen molar-refractivity contribution in [1.82, 2.24) is 30.2 Å². The number of halogens is 4. The van der Waals surface area contributed by atoms with E-state index < -0.39 is 97.7 Å². The summed E-state index contributed by atoms with van der Waals surface area (Å²) >= 11 is -1.12. The molecule has 0 spiro atoms. The van der Waals surface area contributed by atoms with Gasteiger partial charge in [0.15, 0.2) is 0 Å². The van der Waals surface area contributed by atoms with Gasteiger partial charge in [0, 0.05) is 0 Å². The fourth-order valence-corrected chi connectivity index (χ4v) is 10.8. The maximum atomic E-state index is 14.3. The SMILES string of the molecule is COc1ccc2nc(C)c(O[C@@H]3C[C@H]4C(=O)N[C@]5(C(=O)NS(=O)(=O)C6(C)CC6)[I-][C@H]5/C=C\CCCCC[C@H](NC(=O)O[C@@H](C)C(F)(F)F)C(=O)N4C3)nc2c1. The van der Waals surface area contributed by atoms with Gasteiger partial charge < -0.3 is 4.74 Å². The monoisotopic (exact) mass is 907 g/mol. The Kier molecular flexibility index (Phi) is 11.5. The Hall–Kier alpha value is -3.95. The fraction of sp³-hybridized carbons (Fsp3) is 0.600. The minimum atomic E-state index is -4.84. The molecule has 0 unspecified atom stereocenters. The summed E-state index contributed by atoms with van der Waals surface area (Å²) in [6.45, 7) is 3.68. The molecule has 1 aromatic heterocycles. The summed E-state index contributed by atoms with van der Waals surface area (Å²) in [7, 11) is -2.54. The molecule has 1 saturated carbocycles. The second-order valence-electron chi connectivity index (χ2n) is 14.4. The van der Waals surface area contributed by atoms with E-state index in [2.05, 4.69) is 30.1 Å². The Labute approximate surface area is 326 Å². The number of amides is 4. The summed E-state index contributed by atoms with van der Waals surface area (Å²) in [6.07, 6.45) is -3.00. The first-order valence-corrected chi connectivity index (χ1v) is 21.7. The number of nitrogens with zero attached hydrogens (tertiary/aromatic N) is 3. The van der Waals surface area contributed by atoms with E-state index in [1.807, 2.05) is 12.2 Å². The van der Waals surface area contributed by atoms with Gasteiger partial charge in [-0.15, -0.1) is 0 Å². The average molecular weight is 908 g/mol. The third-order valence-corrected chi connectivity index (χ3v) is 16.1. The molecule has 6 rings (SSSR count). The van der Waals surface area contributed by atoms with Crippen molar-refractivity contribution in [2.75, 3.05) is 13.7 Å². The van der Waals surface area contributed by atoms with Crippen molar-refractivity contribution < 1.29 is 76.2 Å². The number of benzene rings is 1. The van der Waals surface area contributed by atoms with Crippen LogP contribution in [0.15, 0.2) is 30.4 Å². The number of methoxy groups -OCH3 is 1. The van der Waals surface area contributed by atoms with E-state index in [4.69, 9.17) is 9.47 Å². The number of hydrogen-bond donors (Lipinski definition) is 3. The normalized spacial score (nSPS) is 28.1. The number of aromatic nitrogens is 2. The maximum absolute atomic E-state index is 14.3. The number of aryl methyl sites for hydroxylation is 1. The van der Waals surface area contributed by atoms with Crippen LogP contribution in [0, 0.1) is 6.92 Å². The number of nitrogens with one attached hydrogen (secondary N) is 3. The molecular formula is C35H43F3IN6O9S-. The van der Waals surface area contributed by atoms with Crippen LogP contribution in [0.3, 0.4) is 0 Å². The molecule has 20 heteroatoms. The van der Waals surface area contributed by atoms with Gasteiger partial charge in [0.1, 0.15) is 0 Å². The molecule has 6 atom stereocenters. The Bertz CT molecular complexity index is 2000. The summed E-state index contributed by atoms with van der Waals surface area (Å²) in [5.74, 6) is -1.73. The minimum absolute atomic E-state index is 0.0303. The molecule has 4 aliphatic rings. The molecule has 2 saturated heterocycles. The van der Waals surface area contributed by atoms with Crippen LogP contribution in [0.2, 0.25) is 0 Å². The third-order valence-electron chi connectivity index (χ3n) is 10.2. The number of allylic oxidation sites excluding steroid dienone is 1. The first kappa shape index (κ1) is 40.7. The quantitative estimate of drug-likeness (QED) is 0.141. The van der Waals surface area contributed by atoms with Crippen molar-refractivity contribution in [3.63, 3.8) is 0 Å². The van der Waals surface area contributed by atoms with Crippen LogP contribution in [-0.4, -0.2) is 103 Å². The molecule has 2 aromatic rings. The number of alkyl halides is 5. The Balaban J connectivity index is 1.31. The van der Waals surface area contributed by atoms with E-state index in [0.717, 1.165) is 0 Å². The summed E-state index contributed by atoms with van der Waals surface area (Å²) in [5.41, 5.74) is 1.44. The van der Waals surface area contributed by atoms with Gasteiger partial charge in [0.2, 0.25) is 0 Å². The number of hydrogen-bond acceptors (Lipinski definition) is 11. The summed E-state index contributed by atoms with van der Waals surface area (Å²) in [4.78, 5) is 65.5. The van der Waals surface area contributed by atoms with E-state index in [0.29, 0.717) is 67.9 Å². The van der Waals surface area contributed by atoms with E-state index in [1.165, 1.54) is 12.0 Å². The molecule has 15 nitrogen and oxygen atoms in total. The van der Waals surface area contributed by atoms with Crippen molar-refractivity contribution in [2.24, 2.45) is 0 Å². The molecule has 3 aliphatic heterocycles. The Morgan fingerprint density at radius 3 is 2.56 bits per heavy atom. The van der Waals surface area contributed by atoms with E-state index in [9.17, 15) is 40.8 Å². The molecule has 3 N–H and O–H groups in total. The summed E-state index contributed by atoms with van der Waals surface area (Å²) < 4.78 is 81.1. The van der Waals surface area contributed by atoms with Crippen molar-refractivity contribution >= 4 is 44.9 Å². The van der Waals surface area contributed by atoms with Crippen LogP contribution in [0.5, 0.6) is 11.6 Å². The number of rotatable bonds is 8. The third kappa shape index (κ3) is 8.88. The van der Waals surface area contributed by atoms with Gasteiger partial charge in [0.25, 0.3) is 0 Å². The second kappa shape index (κ2) is 15.5. The Morgan fingerprint density at radius 1 is 1.13 bits per heavy atom. The zero-order chi connectivity index (χ0) is 39.9. The molecule has 302 valence electrons. The summed E-state index contributed by atoms with van der Waals surface area (Å²) in [6, 6.07) is 2.45. The van der Waals surface area contributed by atoms with Gasteiger partial charge in [-0.2, -0.15) is 13.2 Å². The van der Waals surface area contributed by atoms with Crippen molar-refractivity contribution in [3.05, 3.63) is 36.0 Å². The molecule has 3 fully saturated rings. The van der Waals surface area contributed by atoms with Crippen molar-refractivity contribution in [3.8, 4) is 11.6 Å².